The molecule has 0 saturated heterocycles. The van der Waals surface area contributed by atoms with E-state index in [4.69, 9.17) is 4.74 Å². The van der Waals surface area contributed by atoms with Gasteiger partial charge >= 0.3 is 0 Å². The van der Waals surface area contributed by atoms with Gasteiger partial charge in [-0.2, -0.15) is 0 Å². The Kier molecular flexibility index (Phi) is 11.6. The molecule has 0 radical (unpaired) electrons. The summed E-state index contributed by atoms with van der Waals surface area (Å²) in [5.74, 6) is -0.175. The number of carbonyl (C=O) groups excluding carboxylic acids is 2. The van der Waals surface area contributed by atoms with Crippen LogP contribution < -0.4 is 14.4 Å². The molecule has 3 aromatic carbocycles. The number of nitrogens with one attached hydrogen (secondary N) is 1. The van der Waals surface area contributed by atoms with Crippen LogP contribution in [0.1, 0.15) is 30.9 Å². The number of nitrogens with zero attached hydrogens (tertiary/aromatic N) is 2. The summed E-state index contributed by atoms with van der Waals surface area (Å²) in [7, 11) is -2.27. The lowest BCUT2D eigenvalue weighted by Crippen LogP contribution is -2.53. The van der Waals surface area contributed by atoms with Crippen LogP contribution in [0.5, 0.6) is 5.75 Å². The Morgan fingerprint density at radius 2 is 1.68 bits per heavy atom. The number of unbranched alkanes of at least 4 members (excludes halogenated alkanes) is 1. The van der Waals surface area contributed by atoms with Crippen molar-refractivity contribution in [2.75, 3.05) is 30.8 Å². The number of rotatable bonds is 14. The zero-order chi connectivity index (χ0) is 29.1. The summed E-state index contributed by atoms with van der Waals surface area (Å²) in [5, 5.41) is 2.97. The molecule has 0 heterocycles. The Morgan fingerprint density at radius 1 is 0.975 bits per heavy atom. The summed E-state index contributed by atoms with van der Waals surface area (Å²) >= 11 is 3.38. The number of sulfonamides is 1. The molecule has 0 unspecified atom stereocenters. The minimum atomic E-state index is -3.82. The first-order valence-electron chi connectivity index (χ1n) is 13.1. The number of hydrogen-bond acceptors (Lipinski definition) is 5. The number of carbonyl (C=O) groups is 2. The second-order valence-electron chi connectivity index (χ2n) is 9.47. The molecule has 0 bridgehead atoms. The number of methoxy groups -OCH3 is 1. The van der Waals surface area contributed by atoms with Crippen LogP contribution in [-0.2, 0) is 32.6 Å². The van der Waals surface area contributed by atoms with E-state index in [9.17, 15) is 18.0 Å². The monoisotopic (exact) mass is 629 g/mol. The van der Waals surface area contributed by atoms with Gasteiger partial charge in [0, 0.05) is 24.0 Å². The quantitative estimate of drug-likeness (QED) is 0.259. The SMILES string of the molecule is CCCCNC(=O)[C@H](Cc1ccccc1)N(Cc1cccc(OC)c1)C(=O)CN(c1cccc(Br)c1)S(C)(=O)=O. The molecule has 2 amide bonds. The highest BCUT2D eigenvalue weighted by Crippen LogP contribution is 2.24. The van der Waals surface area contributed by atoms with Crippen molar-refractivity contribution in [2.45, 2.75) is 38.8 Å². The van der Waals surface area contributed by atoms with Crippen molar-refractivity contribution >= 4 is 43.5 Å². The van der Waals surface area contributed by atoms with E-state index < -0.39 is 28.5 Å². The van der Waals surface area contributed by atoms with E-state index in [2.05, 4.69) is 21.2 Å². The summed E-state index contributed by atoms with van der Waals surface area (Å²) in [5.41, 5.74) is 1.98. The zero-order valence-electron chi connectivity index (χ0n) is 23.0. The predicted octanol–water partition coefficient (Wildman–Crippen LogP) is 4.78. The summed E-state index contributed by atoms with van der Waals surface area (Å²) in [4.78, 5) is 29.2. The van der Waals surface area contributed by atoms with Crippen LogP contribution in [0, 0.1) is 0 Å². The molecule has 214 valence electrons. The number of anilines is 1. The van der Waals surface area contributed by atoms with Gasteiger partial charge in [-0.25, -0.2) is 8.42 Å². The lowest BCUT2D eigenvalue weighted by atomic mass is 10.0. The smallest absolute Gasteiger partial charge is 0.244 e. The Bertz CT molecular complexity index is 1380. The van der Waals surface area contributed by atoms with Crippen LogP contribution >= 0.6 is 15.9 Å². The van der Waals surface area contributed by atoms with E-state index in [0.29, 0.717) is 22.5 Å². The van der Waals surface area contributed by atoms with Crippen molar-refractivity contribution in [1.82, 2.24) is 10.2 Å². The van der Waals surface area contributed by atoms with Gasteiger partial charge in [0.05, 0.1) is 19.1 Å². The average Bonchev–Trinajstić information content (AvgIpc) is 2.93. The fourth-order valence-electron chi connectivity index (χ4n) is 4.27. The molecule has 0 aliphatic rings. The Morgan fingerprint density at radius 3 is 2.33 bits per heavy atom. The summed E-state index contributed by atoms with van der Waals surface area (Å²) in [6.45, 7) is 2.14. The fourth-order valence-corrected chi connectivity index (χ4v) is 5.50. The van der Waals surface area contributed by atoms with Gasteiger partial charge < -0.3 is 15.0 Å². The van der Waals surface area contributed by atoms with Crippen LogP contribution in [0.2, 0.25) is 0 Å². The van der Waals surface area contributed by atoms with Gasteiger partial charge in [-0.05, 0) is 47.9 Å². The molecule has 3 aromatic rings. The summed E-state index contributed by atoms with van der Waals surface area (Å²) < 4.78 is 32.8. The van der Waals surface area contributed by atoms with Crippen LogP contribution in [-0.4, -0.2) is 57.6 Å². The van der Waals surface area contributed by atoms with E-state index in [-0.39, 0.29) is 18.9 Å². The third kappa shape index (κ3) is 9.09. The molecule has 0 spiro atoms. The van der Waals surface area contributed by atoms with Crippen molar-refractivity contribution in [3.8, 4) is 5.75 Å². The summed E-state index contributed by atoms with van der Waals surface area (Å²) in [6.07, 6.45) is 3.04. The molecule has 1 N–H and O–H groups in total. The number of amides is 2. The van der Waals surface area contributed by atoms with Crippen molar-refractivity contribution in [2.24, 2.45) is 0 Å². The minimum absolute atomic E-state index is 0.0881. The van der Waals surface area contributed by atoms with E-state index in [1.54, 1.807) is 43.5 Å². The molecule has 0 saturated carbocycles. The first kappa shape index (κ1) is 31.2. The Hall–Kier alpha value is -3.37. The Balaban J connectivity index is 2.04. The van der Waals surface area contributed by atoms with Crippen molar-refractivity contribution in [3.63, 3.8) is 0 Å². The number of halogens is 1. The van der Waals surface area contributed by atoms with Gasteiger partial charge in [-0.1, -0.05) is 77.8 Å². The standard InChI is InChI=1S/C30H36BrN3O5S/c1-4-5-17-32-30(36)28(19-23-11-7-6-8-12-23)33(21-24-13-9-16-27(18-24)39-2)29(35)22-34(40(3,37)38)26-15-10-14-25(31)20-26/h6-16,18,20,28H,4-5,17,19,21-22H2,1-3H3,(H,32,36)/t28-/m0/s1. The highest BCUT2D eigenvalue weighted by atomic mass is 79.9. The number of ether oxygens (including phenoxy) is 1. The molecule has 0 aromatic heterocycles. The predicted molar refractivity (Wildman–Crippen MR) is 162 cm³/mol. The van der Waals surface area contributed by atoms with Gasteiger partial charge in [0.25, 0.3) is 0 Å². The van der Waals surface area contributed by atoms with Crippen molar-refractivity contribution in [3.05, 3.63) is 94.5 Å². The van der Waals surface area contributed by atoms with Gasteiger partial charge in [0.15, 0.2) is 0 Å². The molecule has 3 rings (SSSR count). The number of hydrogen-bond donors (Lipinski definition) is 1. The minimum Gasteiger partial charge on any atom is -0.497 e. The molecule has 0 aliphatic heterocycles. The van der Waals surface area contributed by atoms with Crippen molar-refractivity contribution < 1.29 is 22.7 Å². The molecule has 40 heavy (non-hydrogen) atoms. The highest BCUT2D eigenvalue weighted by molar-refractivity contribution is 9.10. The van der Waals surface area contributed by atoms with E-state index in [0.717, 1.165) is 34.5 Å². The summed E-state index contributed by atoms with van der Waals surface area (Å²) in [6, 6.07) is 22.6. The van der Waals surface area contributed by atoms with E-state index in [1.165, 1.54) is 4.90 Å². The van der Waals surface area contributed by atoms with Gasteiger partial charge in [0.2, 0.25) is 21.8 Å². The second-order valence-corrected chi connectivity index (χ2v) is 12.3. The normalized spacial score (nSPS) is 11.9. The van der Waals surface area contributed by atoms with Gasteiger partial charge in [-0.3, -0.25) is 13.9 Å². The molecular formula is C30H36BrN3O5S. The van der Waals surface area contributed by atoms with Crippen LogP contribution in [0.25, 0.3) is 0 Å². The van der Waals surface area contributed by atoms with Crippen LogP contribution in [0.4, 0.5) is 5.69 Å². The maximum atomic E-state index is 14.1. The largest absolute Gasteiger partial charge is 0.497 e. The van der Waals surface area contributed by atoms with Crippen molar-refractivity contribution in [1.29, 1.82) is 0 Å². The maximum absolute atomic E-state index is 14.1. The maximum Gasteiger partial charge on any atom is 0.244 e. The average molecular weight is 631 g/mol. The zero-order valence-corrected chi connectivity index (χ0v) is 25.4. The molecule has 8 nitrogen and oxygen atoms in total. The van der Waals surface area contributed by atoms with E-state index in [1.807, 2.05) is 49.4 Å². The lowest BCUT2D eigenvalue weighted by Gasteiger charge is -2.33. The molecule has 1 atom stereocenters. The third-order valence-corrected chi connectivity index (χ3v) is 8.00. The van der Waals surface area contributed by atoms with E-state index >= 15 is 0 Å². The third-order valence-electron chi connectivity index (χ3n) is 6.36. The van der Waals surface area contributed by atoms with Gasteiger partial charge in [-0.15, -0.1) is 0 Å². The van der Waals surface area contributed by atoms with Crippen LogP contribution in [0.15, 0.2) is 83.3 Å². The topological polar surface area (TPSA) is 96.0 Å². The fraction of sp³-hybridized carbons (Fsp3) is 0.333. The molecular weight excluding hydrogens is 594 g/mol. The number of benzene rings is 3. The highest BCUT2D eigenvalue weighted by Gasteiger charge is 2.33. The molecule has 0 aliphatic carbocycles. The van der Waals surface area contributed by atoms with Gasteiger partial charge in [0.1, 0.15) is 18.3 Å². The first-order chi connectivity index (χ1) is 19.1. The van der Waals surface area contributed by atoms with Crippen LogP contribution in [0.3, 0.4) is 0 Å². The Labute approximate surface area is 245 Å². The first-order valence-corrected chi connectivity index (χ1v) is 15.7. The lowest BCUT2D eigenvalue weighted by molar-refractivity contribution is -0.140. The molecule has 0 fully saturated rings. The second kappa shape index (κ2) is 14.9. The molecule has 10 heteroatoms.